The molecule has 2 N–H and O–H groups in total. The Hall–Kier alpha value is -3.58. The van der Waals surface area contributed by atoms with Crippen molar-refractivity contribution in [1.82, 2.24) is 9.97 Å². The summed E-state index contributed by atoms with van der Waals surface area (Å²) in [6, 6.07) is 12.1. The fourth-order valence-corrected chi connectivity index (χ4v) is 5.70. The number of ether oxygens (including phenoxy) is 1. The Labute approximate surface area is 250 Å². The van der Waals surface area contributed by atoms with E-state index in [0.29, 0.717) is 29.5 Å². The molecule has 218 valence electrons. The van der Waals surface area contributed by atoms with Crippen LogP contribution in [0.4, 0.5) is 23.0 Å². The molecule has 7 nitrogen and oxygen atoms in total. The molecule has 0 unspecified atom stereocenters. The fourth-order valence-electron chi connectivity index (χ4n) is 5.58. The van der Waals surface area contributed by atoms with Crippen molar-refractivity contribution in [1.29, 1.82) is 5.41 Å². The molecule has 0 amide bonds. The minimum absolute atomic E-state index is 0.219. The zero-order valence-electron chi connectivity index (χ0n) is 25.7. The van der Waals surface area contributed by atoms with Crippen LogP contribution in [-0.2, 0) is 4.74 Å². The second-order valence-electron chi connectivity index (χ2n) is 12.0. The lowest BCUT2D eigenvalue weighted by molar-refractivity contribution is 0.370. The summed E-state index contributed by atoms with van der Waals surface area (Å²) in [6.45, 7) is 21.2. The van der Waals surface area contributed by atoms with Crippen molar-refractivity contribution in [2.45, 2.75) is 60.4 Å². The van der Waals surface area contributed by atoms with Crippen molar-refractivity contribution in [3.63, 3.8) is 0 Å². The molecule has 41 heavy (non-hydrogen) atoms. The van der Waals surface area contributed by atoms with E-state index >= 15 is 0 Å². The summed E-state index contributed by atoms with van der Waals surface area (Å²) < 4.78 is 5.39. The molecule has 3 heterocycles. The van der Waals surface area contributed by atoms with Crippen LogP contribution >= 0.6 is 11.6 Å². The Balaban J connectivity index is 1.62. The van der Waals surface area contributed by atoms with E-state index in [1.54, 1.807) is 7.11 Å². The second kappa shape index (κ2) is 12.1. The Morgan fingerprint density at radius 1 is 1.07 bits per heavy atom. The van der Waals surface area contributed by atoms with Gasteiger partial charge in [-0.2, -0.15) is 0 Å². The van der Waals surface area contributed by atoms with Gasteiger partial charge in [0, 0.05) is 35.9 Å². The van der Waals surface area contributed by atoms with Crippen molar-refractivity contribution < 1.29 is 4.74 Å². The minimum Gasteiger partial charge on any atom is -0.497 e. The SMILES string of the molecule is C=C(OC)c1c(C)cc(N2CCN(c3ccc(Nc4ccc(Cl)c(C)c4)c(C(=N)CC(C)C)n3)C(C)(C)C2)nc1C. The Kier molecular flexibility index (Phi) is 8.97. The molecule has 1 aliphatic heterocycles. The van der Waals surface area contributed by atoms with Crippen molar-refractivity contribution in [2.24, 2.45) is 5.92 Å². The smallest absolute Gasteiger partial charge is 0.130 e. The first-order valence-electron chi connectivity index (χ1n) is 14.2. The first-order valence-corrected chi connectivity index (χ1v) is 14.5. The van der Waals surface area contributed by atoms with Gasteiger partial charge in [-0.25, -0.2) is 9.97 Å². The number of methoxy groups -OCH3 is 1. The minimum atomic E-state index is -0.219. The van der Waals surface area contributed by atoms with Crippen LogP contribution in [0.25, 0.3) is 5.76 Å². The fraction of sp³-hybridized carbons (Fsp3) is 0.424. The molecule has 0 atom stereocenters. The number of anilines is 4. The maximum Gasteiger partial charge on any atom is 0.130 e. The number of pyridine rings is 2. The highest BCUT2D eigenvalue weighted by Gasteiger charge is 2.36. The molecule has 3 aromatic rings. The van der Waals surface area contributed by atoms with E-state index in [1.807, 2.05) is 32.0 Å². The third-order valence-electron chi connectivity index (χ3n) is 7.63. The van der Waals surface area contributed by atoms with Gasteiger partial charge in [0.15, 0.2) is 0 Å². The molecule has 4 rings (SSSR count). The van der Waals surface area contributed by atoms with Gasteiger partial charge in [0.2, 0.25) is 0 Å². The largest absolute Gasteiger partial charge is 0.497 e. The quantitative estimate of drug-likeness (QED) is 0.199. The van der Waals surface area contributed by atoms with Crippen LogP contribution in [0, 0.1) is 32.1 Å². The van der Waals surface area contributed by atoms with E-state index in [1.165, 1.54) is 0 Å². The first-order chi connectivity index (χ1) is 19.3. The summed E-state index contributed by atoms with van der Waals surface area (Å²) in [6.07, 6.45) is 0.651. The lowest BCUT2D eigenvalue weighted by Crippen LogP contribution is -2.60. The Morgan fingerprint density at radius 2 is 1.80 bits per heavy atom. The number of rotatable bonds is 9. The van der Waals surface area contributed by atoms with Crippen LogP contribution in [0.15, 0.2) is 43.0 Å². The van der Waals surface area contributed by atoms with Crippen LogP contribution in [-0.4, -0.2) is 48.0 Å². The number of halogens is 1. The number of hydrogen-bond acceptors (Lipinski definition) is 7. The van der Waals surface area contributed by atoms with Gasteiger partial charge in [-0.15, -0.1) is 0 Å². The third-order valence-corrected chi connectivity index (χ3v) is 8.05. The van der Waals surface area contributed by atoms with E-state index in [-0.39, 0.29) is 5.54 Å². The molecule has 8 heteroatoms. The van der Waals surface area contributed by atoms with Crippen LogP contribution in [0.2, 0.25) is 5.02 Å². The number of benzene rings is 1. The Morgan fingerprint density at radius 3 is 2.41 bits per heavy atom. The lowest BCUT2D eigenvalue weighted by atomic mass is 9.97. The van der Waals surface area contributed by atoms with Gasteiger partial charge in [0.05, 0.1) is 29.7 Å². The van der Waals surface area contributed by atoms with Crippen LogP contribution in [0.5, 0.6) is 0 Å². The summed E-state index contributed by atoms with van der Waals surface area (Å²) in [7, 11) is 1.64. The predicted octanol–water partition coefficient (Wildman–Crippen LogP) is 7.94. The van der Waals surface area contributed by atoms with Crippen LogP contribution < -0.4 is 15.1 Å². The number of nitrogens with one attached hydrogen (secondary N) is 2. The second-order valence-corrected chi connectivity index (χ2v) is 12.4. The highest BCUT2D eigenvalue weighted by atomic mass is 35.5. The van der Waals surface area contributed by atoms with E-state index in [2.05, 4.69) is 74.5 Å². The first kappa shape index (κ1) is 30.4. The molecule has 1 saturated heterocycles. The number of piperazine rings is 1. The molecular formula is C33H43ClN6O. The van der Waals surface area contributed by atoms with E-state index in [4.69, 9.17) is 31.7 Å². The van der Waals surface area contributed by atoms with Crippen LogP contribution in [0.1, 0.15) is 62.2 Å². The molecule has 1 aliphatic rings. The van der Waals surface area contributed by atoms with Crippen molar-refractivity contribution in [3.05, 3.63) is 76.1 Å². The van der Waals surface area contributed by atoms with Gasteiger partial charge in [0.1, 0.15) is 23.1 Å². The van der Waals surface area contributed by atoms with Crippen molar-refractivity contribution >= 4 is 46.1 Å². The summed E-state index contributed by atoms with van der Waals surface area (Å²) in [4.78, 5) is 14.7. The monoisotopic (exact) mass is 574 g/mol. The molecule has 1 fully saturated rings. The molecule has 0 spiro atoms. The third kappa shape index (κ3) is 6.67. The normalized spacial score (nSPS) is 14.8. The number of aromatic nitrogens is 2. The molecule has 2 aromatic heterocycles. The molecule has 0 bridgehead atoms. The van der Waals surface area contributed by atoms with Crippen molar-refractivity contribution in [2.75, 3.05) is 41.9 Å². The number of aryl methyl sites for hydroxylation is 3. The number of hydrogen-bond donors (Lipinski definition) is 2. The van der Waals surface area contributed by atoms with E-state index in [9.17, 15) is 0 Å². The average molecular weight is 575 g/mol. The van der Waals surface area contributed by atoms with Gasteiger partial charge in [-0.1, -0.05) is 32.0 Å². The molecule has 0 radical (unpaired) electrons. The summed E-state index contributed by atoms with van der Waals surface area (Å²) >= 11 is 6.25. The van der Waals surface area contributed by atoms with E-state index in [0.717, 1.165) is 70.1 Å². The number of nitrogens with zero attached hydrogens (tertiary/aromatic N) is 4. The Bertz CT molecular complexity index is 1440. The van der Waals surface area contributed by atoms with Gasteiger partial charge in [-0.05, 0) is 94.5 Å². The van der Waals surface area contributed by atoms with Crippen LogP contribution in [0.3, 0.4) is 0 Å². The molecule has 1 aromatic carbocycles. The summed E-state index contributed by atoms with van der Waals surface area (Å²) in [5, 5.41) is 13.1. The lowest BCUT2D eigenvalue weighted by Gasteiger charge is -2.48. The zero-order valence-corrected chi connectivity index (χ0v) is 26.4. The predicted molar refractivity (Wildman–Crippen MR) is 173 cm³/mol. The standard InChI is InChI=1S/C33H43ClN6O/c1-20(2)16-27(35)32-28(37-25-10-11-26(34)21(3)17-25)12-13-29(38-32)40-15-14-39(19-33(40,7)8)30-18-22(4)31(23(5)36-30)24(6)41-9/h10-13,17-18,20,35,37H,6,14-16,19H2,1-5,7-9H3. The zero-order chi connectivity index (χ0) is 30.1. The van der Waals surface area contributed by atoms with Gasteiger partial charge in [0.25, 0.3) is 0 Å². The van der Waals surface area contributed by atoms with E-state index < -0.39 is 0 Å². The topological polar surface area (TPSA) is 77.4 Å². The average Bonchev–Trinajstić information content (AvgIpc) is 2.89. The highest BCUT2D eigenvalue weighted by Crippen LogP contribution is 2.33. The summed E-state index contributed by atoms with van der Waals surface area (Å²) in [5.41, 5.74) is 6.73. The molecule has 0 saturated carbocycles. The van der Waals surface area contributed by atoms with Gasteiger partial charge >= 0.3 is 0 Å². The maximum absolute atomic E-state index is 8.92. The molecular weight excluding hydrogens is 532 g/mol. The molecule has 0 aliphatic carbocycles. The van der Waals surface area contributed by atoms with Gasteiger partial charge in [-0.3, -0.25) is 0 Å². The summed E-state index contributed by atoms with van der Waals surface area (Å²) in [5.74, 6) is 2.83. The van der Waals surface area contributed by atoms with Gasteiger partial charge < -0.3 is 25.3 Å². The highest BCUT2D eigenvalue weighted by molar-refractivity contribution is 6.31. The maximum atomic E-state index is 8.92. The van der Waals surface area contributed by atoms with Crippen molar-refractivity contribution in [3.8, 4) is 0 Å².